The number of likely N-dealkylation sites (N-methyl/N-ethyl adjacent to an activating group) is 1. The third kappa shape index (κ3) is 19.4. The second-order valence-corrected chi connectivity index (χ2v) is 22.9. The smallest absolute Gasteiger partial charge is 0.407 e. The van der Waals surface area contributed by atoms with E-state index in [0.717, 1.165) is 56.8 Å². The van der Waals surface area contributed by atoms with Crippen LogP contribution in [0.25, 0.3) is 0 Å². The van der Waals surface area contributed by atoms with E-state index in [1.807, 2.05) is 20.8 Å². The number of nitrogens with two attached hydrogens (primary N) is 1. The first-order valence-corrected chi connectivity index (χ1v) is 26.2. The van der Waals surface area contributed by atoms with Crippen molar-refractivity contribution in [3.05, 3.63) is 0 Å². The Labute approximate surface area is 416 Å². The number of carbonyl (C=O) groups excluding carboxylic acids is 6. The summed E-state index contributed by atoms with van der Waals surface area (Å²) in [4.78, 5) is 96.8. The van der Waals surface area contributed by atoms with Gasteiger partial charge in [0.25, 0.3) is 0 Å². The molecule has 0 saturated heterocycles. The lowest BCUT2D eigenvalue weighted by atomic mass is 9.77. The molecule has 400 valence electrons. The van der Waals surface area contributed by atoms with E-state index in [2.05, 4.69) is 26.6 Å². The highest BCUT2D eigenvalue weighted by molar-refractivity contribution is 5.95. The number of carboxylic acids is 1. The Morgan fingerprint density at radius 1 is 0.729 bits per heavy atom. The molecule has 0 radical (unpaired) electrons. The van der Waals surface area contributed by atoms with Gasteiger partial charge in [0, 0.05) is 19.1 Å². The van der Waals surface area contributed by atoms with Crippen LogP contribution in [0, 0.1) is 29.6 Å². The summed E-state index contributed by atoms with van der Waals surface area (Å²) in [5.74, 6) is -2.77. The van der Waals surface area contributed by atoms with Crippen LogP contribution in [0.2, 0.25) is 0 Å². The van der Waals surface area contributed by atoms with Crippen molar-refractivity contribution in [1.82, 2.24) is 31.5 Å². The molecule has 6 amide bonds. The van der Waals surface area contributed by atoms with Crippen LogP contribution in [0.3, 0.4) is 0 Å². The van der Waals surface area contributed by atoms with Crippen molar-refractivity contribution in [3.63, 3.8) is 0 Å². The largest absolute Gasteiger partial charge is 0.480 e. The number of carbonyl (C=O) groups is 7. The number of hydrogen-bond donors (Lipinski definition) is 7. The van der Waals surface area contributed by atoms with Gasteiger partial charge in [0.2, 0.25) is 23.6 Å². The molecule has 4 fully saturated rings. The van der Waals surface area contributed by atoms with Gasteiger partial charge in [0.1, 0.15) is 29.3 Å². The highest BCUT2D eigenvalue weighted by Crippen LogP contribution is 2.46. The zero-order valence-corrected chi connectivity index (χ0v) is 43.9. The number of ether oxygens (including phenoxy) is 4. The molecule has 4 aliphatic rings. The number of rotatable bonds is 24. The number of hydrogen-bond acceptors (Lipinski definition) is 12. The van der Waals surface area contributed by atoms with Crippen LogP contribution in [0.15, 0.2) is 0 Å². The molecule has 0 aromatic rings. The molecule has 0 heterocycles. The molecule has 4 saturated carbocycles. The molecule has 1 unspecified atom stereocenters. The van der Waals surface area contributed by atoms with Gasteiger partial charge < -0.3 is 61.3 Å². The summed E-state index contributed by atoms with van der Waals surface area (Å²) in [7, 11) is 1.62. The van der Waals surface area contributed by atoms with Gasteiger partial charge in [0.15, 0.2) is 6.04 Å². The molecule has 70 heavy (non-hydrogen) atoms. The van der Waals surface area contributed by atoms with Crippen LogP contribution in [0.1, 0.15) is 165 Å². The van der Waals surface area contributed by atoms with Crippen LogP contribution >= 0.6 is 0 Å². The maximum Gasteiger partial charge on any atom is 0.407 e. The SMILES string of the molecule is CCC[C@@H](C(=O)N[C@H](C(=O)N[C@@H](CNC(=O)OC(C)(C)C)C(=O)N[C@@H](COC1CC(NC(=O)OC(C)(C)C)C1)C(=O)O)C1CCCCCC1)N(C)C(=O)[C@H](C)[C@@H](CC1C[C@H]2CC[C@@H](C1)C2)OC[C@@H](C)N. The average molecular weight is 992 g/mol. The first-order valence-electron chi connectivity index (χ1n) is 26.2. The Morgan fingerprint density at radius 3 is 1.87 bits per heavy atom. The number of fused-ring (bicyclic) bond motifs is 2. The van der Waals surface area contributed by atoms with E-state index in [1.54, 1.807) is 48.6 Å². The molecule has 0 aromatic carbocycles. The summed E-state index contributed by atoms with van der Waals surface area (Å²) in [6, 6.07) is -5.57. The zero-order valence-electron chi connectivity index (χ0n) is 43.9. The predicted molar refractivity (Wildman–Crippen MR) is 263 cm³/mol. The van der Waals surface area contributed by atoms with E-state index < -0.39 is 96.4 Å². The summed E-state index contributed by atoms with van der Waals surface area (Å²) < 4.78 is 22.9. The summed E-state index contributed by atoms with van der Waals surface area (Å²) in [5, 5.41) is 23.6. The molecular formula is C51H89N7O12. The molecule has 4 rings (SSSR count). The van der Waals surface area contributed by atoms with E-state index in [9.17, 15) is 38.7 Å². The second kappa shape index (κ2) is 27.0. The fraction of sp³-hybridized carbons (Fsp3) is 0.863. The summed E-state index contributed by atoms with van der Waals surface area (Å²) >= 11 is 0. The second-order valence-electron chi connectivity index (χ2n) is 22.9. The van der Waals surface area contributed by atoms with Crippen molar-refractivity contribution in [1.29, 1.82) is 0 Å². The summed E-state index contributed by atoms with van der Waals surface area (Å²) in [6.45, 7) is 15.3. The summed E-state index contributed by atoms with van der Waals surface area (Å²) in [5.41, 5.74) is 4.57. The van der Waals surface area contributed by atoms with Gasteiger partial charge in [-0.15, -0.1) is 0 Å². The first-order chi connectivity index (χ1) is 32.8. The number of alkyl carbamates (subject to hydrolysis) is 2. The van der Waals surface area contributed by atoms with Crippen LogP contribution in [-0.4, -0.2) is 138 Å². The molecule has 10 atom stereocenters. The molecule has 19 nitrogen and oxygen atoms in total. The van der Waals surface area contributed by atoms with Gasteiger partial charge in [-0.2, -0.15) is 0 Å². The number of nitrogens with zero attached hydrogens (tertiary/aromatic N) is 1. The number of amides is 6. The standard InChI is InChI=1S/C51H89N7O12/c1-11-16-40(58(10)46(62)31(3)41(68-28-30(2)52)24-34-22-32-19-20-33(21-32)23-34)44(60)57-42(35-17-14-12-13-15-18-35)45(61)55-38(27-53-48(65)69-50(4,5)6)43(59)56-39(47(63)64)29-67-37-25-36(26-37)54-49(66)70-51(7,8)9/h30-42H,11-29,52H2,1-10H3,(H,53,65)(H,54,66)(H,55,61)(H,56,59)(H,57,60)(H,63,64)/t30-,31-,32-,33+,34?,36?,37?,38+,39+,40+,41-,42+/m1/s1. The van der Waals surface area contributed by atoms with Crippen molar-refractivity contribution in [2.24, 2.45) is 35.3 Å². The maximum absolute atomic E-state index is 14.7. The van der Waals surface area contributed by atoms with E-state index in [4.69, 9.17) is 24.7 Å². The number of aliphatic carboxylic acids is 1. The van der Waals surface area contributed by atoms with Crippen LogP contribution < -0.4 is 32.3 Å². The molecule has 2 bridgehead atoms. The first kappa shape index (κ1) is 58.3. The Kier molecular flexibility index (Phi) is 22.5. The molecule has 8 N–H and O–H groups in total. The Hall–Kier alpha value is -4.23. The molecule has 4 aliphatic carbocycles. The maximum atomic E-state index is 14.7. The average Bonchev–Trinajstić information content (AvgIpc) is 3.40. The fourth-order valence-electron chi connectivity index (χ4n) is 10.5. The minimum Gasteiger partial charge on any atom is -0.480 e. The lowest BCUT2D eigenvalue weighted by Gasteiger charge is -2.36. The van der Waals surface area contributed by atoms with Crippen LogP contribution in [0.4, 0.5) is 9.59 Å². The molecule has 0 aromatic heterocycles. The highest BCUT2D eigenvalue weighted by atomic mass is 16.6. The minimum atomic E-state index is -1.55. The molecule has 0 spiro atoms. The highest BCUT2D eigenvalue weighted by Gasteiger charge is 2.41. The lowest BCUT2D eigenvalue weighted by molar-refractivity contribution is -0.147. The van der Waals surface area contributed by atoms with Gasteiger partial charge in [-0.05, 0) is 130 Å². The minimum absolute atomic E-state index is 0.218. The Morgan fingerprint density at radius 2 is 1.31 bits per heavy atom. The molecule has 0 aliphatic heterocycles. The number of carboxylic acid groups (broad SMARTS) is 1. The van der Waals surface area contributed by atoms with Gasteiger partial charge >= 0.3 is 18.2 Å². The lowest BCUT2D eigenvalue weighted by Crippen LogP contribution is -2.62. The van der Waals surface area contributed by atoms with Crippen molar-refractivity contribution in [2.75, 3.05) is 26.8 Å². The van der Waals surface area contributed by atoms with E-state index in [1.165, 1.54) is 24.2 Å². The van der Waals surface area contributed by atoms with Crippen molar-refractivity contribution in [3.8, 4) is 0 Å². The quantitative estimate of drug-likeness (QED) is 0.0606. The fourth-order valence-corrected chi connectivity index (χ4v) is 10.5. The third-order valence-electron chi connectivity index (χ3n) is 14.1. The van der Waals surface area contributed by atoms with E-state index in [-0.39, 0.29) is 30.0 Å². The monoisotopic (exact) mass is 992 g/mol. The topological polar surface area (TPSA) is 266 Å². The van der Waals surface area contributed by atoms with Gasteiger partial charge in [-0.3, -0.25) is 19.2 Å². The van der Waals surface area contributed by atoms with Crippen molar-refractivity contribution >= 4 is 41.8 Å². The van der Waals surface area contributed by atoms with Crippen molar-refractivity contribution in [2.45, 2.75) is 225 Å². The predicted octanol–water partition coefficient (Wildman–Crippen LogP) is 5.30. The molecular weight excluding hydrogens is 903 g/mol. The Balaban J connectivity index is 1.50. The van der Waals surface area contributed by atoms with Crippen LogP contribution in [0.5, 0.6) is 0 Å². The van der Waals surface area contributed by atoms with Gasteiger partial charge in [0.05, 0.1) is 37.9 Å². The van der Waals surface area contributed by atoms with Gasteiger partial charge in [-0.1, -0.05) is 58.8 Å². The van der Waals surface area contributed by atoms with E-state index >= 15 is 0 Å². The normalized spacial score (nSPS) is 24.6. The third-order valence-corrected chi connectivity index (χ3v) is 14.1. The van der Waals surface area contributed by atoms with Crippen molar-refractivity contribution < 1.29 is 57.6 Å². The van der Waals surface area contributed by atoms with Gasteiger partial charge in [-0.25, -0.2) is 14.4 Å². The van der Waals surface area contributed by atoms with Crippen LogP contribution in [-0.2, 0) is 42.9 Å². The Bertz CT molecular complexity index is 1730. The number of nitrogens with one attached hydrogen (secondary N) is 5. The zero-order chi connectivity index (χ0) is 51.9. The summed E-state index contributed by atoms with van der Waals surface area (Å²) in [6.07, 6.45) is 11.0. The van der Waals surface area contributed by atoms with E-state index in [0.29, 0.717) is 51.0 Å². The molecule has 19 heteroatoms.